The predicted octanol–water partition coefficient (Wildman–Crippen LogP) is 3.44. The molecule has 4 heteroatoms. The third-order valence-electron chi connectivity index (χ3n) is 5.30. The number of rotatable bonds is 4. The van der Waals surface area contributed by atoms with Gasteiger partial charge in [-0.1, -0.05) is 19.9 Å². The summed E-state index contributed by atoms with van der Waals surface area (Å²) in [6.45, 7) is 15.3. The van der Waals surface area contributed by atoms with Gasteiger partial charge in [-0.25, -0.2) is 0 Å². The van der Waals surface area contributed by atoms with Crippen LogP contribution in [0.25, 0.3) is 0 Å². The zero-order valence-electron chi connectivity index (χ0n) is 14.0. The van der Waals surface area contributed by atoms with Gasteiger partial charge < -0.3 is 14.2 Å². The molecule has 2 aliphatic rings. The zero-order valence-corrected chi connectivity index (χ0v) is 14.0. The van der Waals surface area contributed by atoms with E-state index in [1.54, 1.807) is 0 Å². The predicted molar refractivity (Wildman–Crippen MR) is 84.7 cm³/mol. The van der Waals surface area contributed by atoms with Crippen LogP contribution in [-0.4, -0.2) is 42.4 Å². The Morgan fingerprint density at radius 2 is 1.70 bits per heavy atom. The summed E-state index contributed by atoms with van der Waals surface area (Å²) >= 11 is 0. The van der Waals surface area contributed by atoms with Crippen LogP contribution in [-0.2, 0) is 9.31 Å². The van der Waals surface area contributed by atoms with Gasteiger partial charge in [0.25, 0.3) is 0 Å². The van der Waals surface area contributed by atoms with Gasteiger partial charge in [-0.3, -0.25) is 0 Å². The van der Waals surface area contributed by atoms with E-state index in [0.717, 1.165) is 25.9 Å². The summed E-state index contributed by atoms with van der Waals surface area (Å²) < 4.78 is 12.3. The van der Waals surface area contributed by atoms with Gasteiger partial charge in [0.15, 0.2) is 0 Å². The third-order valence-corrected chi connectivity index (χ3v) is 5.30. The lowest BCUT2D eigenvalue weighted by atomic mass is 9.71. The minimum Gasteiger partial charge on any atom is -0.400 e. The van der Waals surface area contributed by atoms with E-state index in [9.17, 15) is 0 Å². The van der Waals surface area contributed by atoms with Crippen LogP contribution >= 0.6 is 0 Å². The highest BCUT2D eigenvalue weighted by atomic mass is 16.7. The van der Waals surface area contributed by atoms with Crippen LogP contribution in [0.5, 0.6) is 0 Å². The van der Waals surface area contributed by atoms with Gasteiger partial charge in [0, 0.05) is 6.04 Å². The van der Waals surface area contributed by atoms with Gasteiger partial charge >= 0.3 is 7.12 Å². The molecule has 0 aromatic rings. The molecule has 1 saturated heterocycles. The Morgan fingerprint density at radius 3 is 2.10 bits per heavy atom. The second-order valence-electron chi connectivity index (χ2n) is 7.02. The molecule has 0 N–H and O–H groups in total. The fraction of sp³-hybridized carbons (Fsp3) is 0.875. The lowest BCUT2D eigenvalue weighted by Crippen LogP contribution is -2.41. The lowest BCUT2D eigenvalue weighted by Gasteiger charge is -2.32. The quantitative estimate of drug-likeness (QED) is 0.736. The maximum atomic E-state index is 6.15. The number of nitrogens with zero attached hydrogens (tertiary/aromatic N) is 1. The summed E-state index contributed by atoms with van der Waals surface area (Å²) in [5.41, 5.74) is 0.884. The minimum absolute atomic E-state index is 0.141. The Bertz CT molecular complexity index is 359. The second-order valence-corrected chi connectivity index (χ2v) is 7.02. The molecular formula is C16H30BNO2. The molecule has 1 heterocycles. The fourth-order valence-corrected chi connectivity index (χ4v) is 3.12. The molecule has 20 heavy (non-hydrogen) atoms. The third kappa shape index (κ3) is 2.97. The first-order chi connectivity index (χ1) is 9.30. The molecule has 0 amide bonds. The van der Waals surface area contributed by atoms with Gasteiger partial charge in [-0.2, -0.15) is 0 Å². The SMILES string of the molecule is CCN(CC)[C@H]1CC=C(B2OC(C)(C)C(C)(C)O2)CC1. The average Bonchev–Trinajstić information content (AvgIpc) is 2.61. The number of allylic oxidation sites excluding steroid dienone is 1. The first-order valence-electron chi connectivity index (χ1n) is 8.09. The van der Waals surface area contributed by atoms with E-state index >= 15 is 0 Å². The summed E-state index contributed by atoms with van der Waals surface area (Å²) in [7, 11) is -0.141. The highest BCUT2D eigenvalue weighted by molar-refractivity contribution is 6.54. The van der Waals surface area contributed by atoms with E-state index in [4.69, 9.17) is 9.31 Å². The fourth-order valence-electron chi connectivity index (χ4n) is 3.12. The van der Waals surface area contributed by atoms with Crippen LogP contribution in [0.1, 0.15) is 60.8 Å². The van der Waals surface area contributed by atoms with E-state index in [-0.39, 0.29) is 18.3 Å². The van der Waals surface area contributed by atoms with Crippen molar-refractivity contribution in [1.82, 2.24) is 4.90 Å². The van der Waals surface area contributed by atoms with E-state index in [2.05, 4.69) is 52.5 Å². The van der Waals surface area contributed by atoms with Gasteiger partial charge in [0.2, 0.25) is 0 Å². The van der Waals surface area contributed by atoms with E-state index in [0.29, 0.717) is 6.04 Å². The molecule has 0 aromatic carbocycles. The van der Waals surface area contributed by atoms with Crippen molar-refractivity contribution in [2.24, 2.45) is 0 Å². The highest BCUT2D eigenvalue weighted by Crippen LogP contribution is 2.40. The molecule has 0 radical (unpaired) electrons. The van der Waals surface area contributed by atoms with Crippen molar-refractivity contribution in [2.75, 3.05) is 13.1 Å². The minimum atomic E-state index is -0.228. The van der Waals surface area contributed by atoms with Crippen molar-refractivity contribution in [2.45, 2.75) is 78.0 Å². The first kappa shape index (κ1) is 16.1. The summed E-state index contributed by atoms with van der Waals surface area (Å²) in [5.74, 6) is 0. The monoisotopic (exact) mass is 279 g/mol. The van der Waals surface area contributed by atoms with Crippen LogP contribution in [0, 0.1) is 0 Å². The molecule has 1 fully saturated rings. The molecule has 1 aliphatic heterocycles. The van der Waals surface area contributed by atoms with Crippen molar-refractivity contribution in [3.05, 3.63) is 11.5 Å². The maximum absolute atomic E-state index is 6.15. The Hall–Kier alpha value is -0.315. The summed E-state index contributed by atoms with van der Waals surface area (Å²) in [6.07, 6.45) is 5.80. The maximum Gasteiger partial charge on any atom is 0.490 e. The Balaban J connectivity index is 2.00. The summed E-state index contributed by atoms with van der Waals surface area (Å²) in [5, 5.41) is 0. The van der Waals surface area contributed by atoms with Crippen LogP contribution in [0.2, 0.25) is 0 Å². The molecule has 3 nitrogen and oxygen atoms in total. The van der Waals surface area contributed by atoms with Crippen molar-refractivity contribution < 1.29 is 9.31 Å². The molecule has 0 bridgehead atoms. The van der Waals surface area contributed by atoms with Crippen molar-refractivity contribution in [1.29, 1.82) is 0 Å². The molecule has 114 valence electrons. The molecule has 1 aliphatic carbocycles. The van der Waals surface area contributed by atoms with Crippen LogP contribution < -0.4 is 0 Å². The molecular weight excluding hydrogens is 249 g/mol. The molecule has 1 atom stereocenters. The molecule has 0 aromatic heterocycles. The Morgan fingerprint density at radius 1 is 1.15 bits per heavy atom. The largest absolute Gasteiger partial charge is 0.490 e. The van der Waals surface area contributed by atoms with E-state index in [1.807, 2.05) is 0 Å². The summed E-state index contributed by atoms with van der Waals surface area (Å²) in [4.78, 5) is 2.55. The van der Waals surface area contributed by atoms with Crippen molar-refractivity contribution >= 4 is 7.12 Å². The molecule has 2 rings (SSSR count). The average molecular weight is 279 g/mol. The normalized spacial score (nSPS) is 28.9. The standard InChI is InChI=1S/C16H30BNO2/c1-7-18(8-2)14-11-9-13(10-12-14)17-19-15(3,4)16(5,6)20-17/h9,14H,7-8,10-12H2,1-6H3/t14-/m0/s1. The smallest absolute Gasteiger partial charge is 0.400 e. The van der Waals surface area contributed by atoms with Crippen LogP contribution in [0.3, 0.4) is 0 Å². The lowest BCUT2D eigenvalue weighted by molar-refractivity contribution is 0.00578. The topological polar surface area (TPSA) is 21.7 Å². The van der Waals surface area contributed by atoms with E-state index < -0.39 is 0 Å². The summed E-state index contributed by atoms with van der Waals surface area (Å²) in [6, 6.07) is 0.691. The first-order valence-corrected chi connectivity index (χ1v) is 8.09. The molecule has 0 saturated carbocycles. The van der Waals surface area contributed by atoms with Gasteiger partial charge in [0.05, 0.1) is 11.2 Å². The second kappa shape index (κ2) is 5.82. The Labute approximate surface area is 124 Å². The van der Waals surface area contributed by atoms with Crippen molar-refractivity contribution in [3.8, 4) is 0 Å². The molecule has 0 spiro atoms. The number of hydrogen-bond donors (Lipinski definition) is 0. The molecule has 0 unspecified atom stereocenters. The van der Waals surface area contributed by atoms with Crippen LogP contribution in [0.4, 0.5) is 0 Å². The Kier molecular flexibility index (Phi) is 4.67. The highest BCUT2D eigenvalue weighted by Gasteiger charge is 2.52. The zero-order chi connectivity index (χ0) is 15.0. The number of hydrogen-bond acceptors (Lipinski definition) is 3. The van der Waals surface area contributed by atoms with E-state index in [1.165, 1.54) is 11.9 Å². The van der Waals surface area contributed by atoms with Gasteiger partial charge in [-0.05, 0) is 65.5 Å². The van der Waals surface area contributed by atoms with Crippen LogP contribution in [0.15, 0.2) is 11.5 Å². The van der Waals surface area contributed by atoms with Gasteiger partial charge in [-0.15, -0.1) is 0 Å². The van der Waals surface area contributed by atoms with Gasteiger partial charge in [0.1, 0.15) is 0 Å². The van der Waals surface area contributed by atoms with Crippen molar-refractivity contribution in [3.63, 3.8) is 0 Å².